The fraction of sp³-hybridized carbons (Fsp3) is 0.150. The average Bonchev–Trinajstić information content (AvgIpc) is 3.10. The van der Waals surface area contributed by atoms with E-state index in [1.54, 1.807) is 6.08 Å². The van der Waals surface area contributed by atoms with E-state index in [-0.39, 0.29) is 11.7 Å². The number of rotatable bonds is 9. The Balaban J connectivity index is 1.61. The summed E-state index contributed by atoms with van der Waals surface area (Å²) in [5, 5.41) is 16.1. The van der Waals surface area contributed by atoms with E-state index >= 15 is 0 Å². The summed E-state index contributed by atoms with van der Waals surface area (Å²) in [6, 6.07) is 15.1. The third kappa shape index (κ3) is 6.22. The minimum absolute atomic E-state index is 0.0897. The molecule has 0 saturated carbocycles. The van der Waals surface area contributed by atoms with Gasteiger partial charge in [-0.25, -0.2) is 0 Å². The smallest absolute Gasteiger partial charge is 0.234 e. The summed E-state index contributed by atoms with van der Waals surface area (Å²) in [6.45, 7) is 4.86. The highest BCUT2D eigenvalue weighted by Crippen LogP contribution is 2.21. The van der Waals surface area contributed by atoms with Crippen LogP contribution in [0.3, 0.4) is 0 Å². The number of allylic oxidation sites excluding steroid dienone is 1. The monoisotopic (exact) mass is 539 g/mol. The minimum Gasteiger partial charge on any atom is -0.378 e. The first-order chi connectivity index (χ1) is 14.1. The Kier molecular flexibility index (Phi) is 7.96. The molecule has 9 heteroatoms. The lowest BCUT2D eigenvalue weighted by Gasteiger charge is -2.10. The number of hydrogen-bond donors (Lipinski definition) is 2. The normalized spacial score (nSPS) is 10.6. The highest BCUT2D eigenvalue weighted by molar-refractivity contribution is 14.1. The van der Waals surface area contributed by atoms with Gasteiger partial charge in [-0.05, 0) is 59.0 Å². The number of hydrogen-bond acceptors (Lipinski definition) is 5. The van der Waals surface area contributed by atoms with Crippen LogP contribution in [0.25, 0.3) is 0 Å². The van der Waals surface area contributed by atoms with Crippen LogP contribution in [0.2, 0.25) is 5.02 Å². The SMILES string of the molecule is C=CCn1c(CNc2ccc(Cl)cc2)nnc1SCC(=O)Nc1ccccc1I. The molecule has 0 atom stereocenters. The topological polar surface area (TPSA) is 71.8 Å². The number of nitrogens with zero attached hydrogens (tertiary/aromatic N) is 3. The first kappa shape index (κ1) is 21.7. The Morgan fingerprint density at radius 2 is 1.97 bits per heavy atom. The Hall–Kier alpha value is -2.04. The molecular formula is C20H19ClIN5OS. The fourth-order valence-electron chi connectivity index (χ4n) is 2.50. The van der Waals surface area contributed by atoms with Crippen molar-refractivity contribution in [3.05, 3.63) is 75.6 Å². The zero-order valence-electron chi connectivity index (χ0n) is 15.4. The van der Waals surface area contributed by atoms with E-state index in [2.05, 4.69) is 50.0 Å². The lowest BCUT2D eigenvalue weighted by atomic mass is 10.3. The molecule has 1 aromatic heterocycles. The van der Waals surface area contributed by atoms with Crippen LogP contribution < -0.4 is 10.6 Å². The summed E-state index contributed by atoms with van der Waals surface area (Å²) in [5.74, 6) is 0.915. The standard InChI is InChI=1S/C20H19ClIN5OS/c1-2-11-27-18(12-23-15-9-7-14(21)8-10-15)25-26-20(27)29-13-19(28)24-17-6-4-3-5-16(17)22/h2-10,23H,1,11-13H2,(H,24,28). The molecule has 2 aromatic carbocycles. The molecule has 6 nitrogen and oxygen atoms in total. The number of nitrogens with one attached hydrogen (secondary N) is 2. The molecule has 1 amide bonds. The molecule has 2 N–H and O–H groups in total. The van der Waals surface area contributed by atoms with Gasteiger partial charge in [0.2, 0.25) is 5.91 Å². The van der Waals surface area contributed by atoms with Gasteiger partial charge in [0.1, 0.15) is 0 Å². The summed E-state index contributed by atoms with van der Waals surface area (Å²) in [7, 11) is 0. The summed E-state index contributed by atoms with van der Waals surface area (Å²) in [4.78, 5) is 12.3. The molecule has 150 valence electrons. The highest BCUT2D eigenvalue weighted by atomic mass is 127. The van der Waals surface area contributed by atoms with E-state index in [1.165, 1.54) is 11.8 Å². The average molecular weight is 540 g/mol. The Morgan fingerprint density at radius 3 is 2.69 bits per heavy atom. The van der Waals surface area contributed by atoms with Gasteiger partial charge in [0.25, 0.3) is 0 Å². The third-order valence-electron chi connectivity index (χ3n) is 3.88. The number of aromatic nitrogens is 3. The molecule has 1 heterocycles. The number of carbonyl (C=O) groups is 1. The minimum atomic E-state index is -0.0897. The predicted octanol–water partition coefficient (Wildman–Crippen LogP) is 5.07. The number of anilines is 2. The number of thioether (sulfide) groups is 1. The molecule has 29 heavy (non-hydrogen) atoms. The number of carbonyl (C=O) groups excluding carboxylic acids is 1. The van der Waals surface area contributed by atoms with Gasteiger partial charge < -0.3 is 15.2 Å². The number of benzene rings is 2. The molecular weight excluding hydrogens is 521 g/mol. The van der Waals surface area contributed by atoms with Crippen molar-refractivity contribution in [3.8, 4) is 0 Å². The van der Waals surface area contributed by atoms with E-state index < -0.39 is 0 Å². The molecule has 0 saturated heterocycles. The second-order valence-corrected chi connectivity index (χ2v) is 8.52. The van der Waals surface area contributed by atoms with Crippen LogP contribution in [0, 0.1) is 3.57 Å². The fourth-order valence-corrected chi connectivity index (χ4v) is 3.91. The van der Waals surface area contributed by atoms with Gasteiger partial charge in [-0.1, -0.05) is 41.6 Å². The quantitative estimate of drug-likeness (QED) is 0.226. The first-order valence-corrected chi connectivity index (χ1v) is 11.2. The van der Waals surface area contributed by atoms with Crippen molar-refractivity contribution in [3.63, 3.8) is 0 Å². The van der Waals surface area contributed by atoms with Crippen molar-refractivity contribution in [2.45, 2.75) is 18.2 Å². The highest BCUT2D eigenvalue weighted by Gasteiger charge is 2.14. The van der Waals surface area contributed by atoms with Crippen molar-refractivity contribution >= 4 is 63.2 Å². The zero-order chi connectivity index (χ0) is 20.6. The number of halogens is 2. The zero-order valence-corrected chi connectivity index (χ0v) is 19.2. The molecule has 0 aliphatic rings. The first-order valence-electron chi connectivity index (χ1n) is 8.76. The summed E-state index contributed by atoms with van der Waals surface area (Å²) in [5.41, 5.74) is 1.74. The summed E-state index contributed by atoms with van der Waals surface area (Å²) < 4.78 is 2.94. The molecule has 0 fully saturated rings. The van der Waals surface area contributed by atoms with Crippen LogP contribution in [0.5, 0.6) is 0 Å². The molecule has 0 bridgehead atoms. The molecule has 3 aromatic rings. The van der Waals surface area contributed by atoms with E-state index in [4.69, 9.17) is 11.6 Å². The van der Waals surface area contributed by atoms with Gasteiger partial charge in [-0.15, -0.1) is 16.8 Å². The van der Waals surface area contributed by atoms with E-state index in [9.17, 15) is 4.79 Å². The van der Waals surface area contributed by atoms with Crippen molar-refractivity contribution in [1.82, 2.24) is 14.8 Å². The van der Waals surface area contributed by atoms with Crippen LogP contribution in [-0.2, 0) is 17.9 Å². The van der Waals surface area contributed by atoms with Crippen LogP contribution in [0.1, 0.15) is 5.82 Å². The van der Waals surface area contributed by atoms with Gasteiger partial charge in [0, 0.05) is 20.8 Å². The van der Waals surface area contributed by atoms with Gasteiger partial charge in [-0.3, -0.25) is 4.79 Å². The lowest BCUT2D eigenvalue weighted by Crippen LogP contribution is -2.15. The second kappa shape index (κ2) is 10.7. The lowest BCUT2D eigenvalue weighted by molar-refractivity contribution is -0.113. The third-order valence-corrected chi connectivity index (χ3v) is 6.04. The Bertz CT molecular complexity index is 993. The summed E-state index contributed by atoms with van der Waals surface area (Å²) in [6.07, 6.45) is 1.78. The van der Waals surface area contributed by atoms with E-state index in [1.807, 2.05) is 53.1 Å². The Labute approximate surface area is 192 Å². The van der Waals surface area contributed by atoms with E-state index in [0.29, 0.717) is 23.3 Å². The van der Waals surface area contributed by atoms with E-state index in [0.717, 1.165) is 20.8 Å². The Morgan fingerprint density at radius 1 is 1.21 bits per heavy atom. The van der Waals surface area contributed by atoms with Gasteiger partial charge >= 0.3 is 0 Å². The van der Waals surface area contributed by atoms with Crippen molar-refractivity contribution in [2.24, 2.45) is 0 Å². The number of amides is 1. The van der Waals surface area contributed by atoms with Crippen molar-refractivity contribution in [1.29, 1.82) is 0 Å². The second-order valence-electron chi connectivity index (χ2n) is 5.98. The van der Waals surface area contributed by atoms with Crippen LogP contribution in [-0.4, -0.2) is 26.4 Å². The van der Waals surface area contributed by atoms with Crippen LogP contribution in [0.15, 0.2) is 66.3 Å². The molecule has 0 aliphatic carbocycles. The molecule has 0 unspecified atom stereocenters. The molecule has 0 aliphatic heterocycles. The number of para-hydroxylation sites is 1. The maximum atomic E-state index is 12.3. The maximum Gasteiger partial charge on any atom is 0.234 e. The van der Waals surface area contributed by atoms with Gasteiger partial charge in [0.15, 0.2) is 11.0 Å². The van der Waals surface area contributed by atoms with Crippen molar-refractivity contribution in [2.75, 3.05) is 16.4 Å². The molecule has 0 radical (unpaired) electrons. The van der Waals surface area contributed by atoms with Gasteiger partial charge in [-0.2, -0.15) is 0 Å². The summed E-state index contributed by atoms with van der Waals surface area (Å²) >= 11 is 9.46. The maximum absolute atomic E-state index is 12.3. The van der Waals surface area contributed by atoms with Crippen LogP contribution >= 0.6 is 46.0 Å². The molecule has 3 rings (SSSR count). The largest absolute Gasteiger partial charge is 0.378 e. The van der Waals surface area contributed by atoms with Crippen molar-refractivity contribution < 1.29 is 4.79 Å². The predicted molar refractivity (Wildman–Crippen MR) is 128 cm³/mol. The molecule has 0 spiro atoms. The van der Waals surface area contributed by atoms with Crippen LogP contribution in [0.4, 0.5) is 11.4 Å². The van der Waals surface area contributed by atoms with Gasteiger partial charge in [0.05, 0.1) is 18.0 Å².